The second-order valence-electron chi connectivity index (χ2n) is 5.26. The van der Waals surface area contributed by atoms with Crippen LogP contribution in [0.4, 0.5) is 0 Å². The van der Waals surface area contributed by atoms with E-state index >= 15 is 0 Å². The number of likely N-dealkylation sites (N-methyl/N-ethyl adjacent to an activating group) is 1. The third-order valence-corrected chi connectivity index (χ3v) is 6.16. The Bertz CT molecular complexity index is 408. The van der Waals surface area contributed by atoms with Gasteiger partial charge in [-0.1, -0.05) is 6.42 Å². The maximum absolute atomic E-state index is 12.3. The summed E-state index contributed by atoms with van der Waals surface area (Å²) in [5.41, 5.74) is 0. The third-order valence-electron chi connectivity index (χ3n) is 4.00. The van der Waals surface area contributed by atoms with Gasteiger partial charge in [-0.25, -0.2) is 8.42 Å². The van der Waals surface area contributed by atoms with Crippen LogP contribution in [-0.4, -0.2) is 56.4 Å². The maximum Gasteiger partial charge on any atom is 0.240 e. The minimum absolute atomic E-state index is 0.172. The fraction of sp³-hybridized carbons (Fsp3) is 0.917. The van der Waals surface area contributed by atoms with Crippen LogP contribution in [-0.2, 0) is 14.6 Å². The molecule has 2 aliphatic rings. The smallest absolute Gasteiger partial charge is 0.240 e. The number of piperidine rings is 1. The number of hydrogen-bond acceptors (Lipinski definition) is 4. The number of nitrogens with zero attached hydrogens (tertiary/aromatic N) is 1. The van der Waals surface area contributed by atoms with Gasteiger partial charge in [0.25, 0.3) is 0 Å². The van der Waals surface area contributed by atoms with Crippen molar-refractivity contribution in [3.8, 4) is 0 Å². The predicted molar refractivity (Wildman–Crippen MR) is 70.1 cm³/mol. The number of rotatable bonds is 2. The average Bonchev–Trinajstić information content (AvgIpc) is 2.37. The fourth-order valence-electron chi connectivity index (χ4n) is 2.85. The van der Waals surface area contributed by atoms with Gasteiger partial charge in [0.2, 0.25) is 5.91 Å². The molecule has 2 unspecified atom stereocenters. The van der Waals surface area contributed by atoms with Gasteiger partial charge in [-0.2, -0.15) is 0 Å². The van der Waals surface area contributed by atoms with E-state index in [0.29, 0.717) is 32.0 Å². The van der Waals surface area contributed by atoms with Gasteiger partial charge < -0.3 is 10.2 Å². The number of carbonyl (C=O) groups is 1. The third kappa shape index (κ3) is 2.85. The van der Waals surface area contributed by atoms with E-state index in [1.807, 2.05) is 7.05 Å². The number of carbonyl (C=O) groups excluding carboxylic acids is 1. The molecule has 2 atom stereocenters. The van der Waals surface area contributed by atoms with E-state index < -0.39 is 15.1 Å². The summed E-state index contributed by atoms with van der Waals surface area (Å²) >= 11 is 0. The fourth-order valence-corrected chi connectivity index (χ4v) is 4.72. The van der Waals surface area contributed by atoms with Gasteiger partial charge >= 0.3 is 0 Å². The number of amides is 1. The number of hydrogen-bond donors (Lipinski definition) is 1. The van der Waals surface area contributed by atoms with Crippen LogP contribution in [0.25, 0.3) is 0 Å². The Hall–Kier alpha value is -0.620. The van der Waals surface area contributed by atoms with E-state index in [-0.39, 0.29) is 11.7 Å². The van der Waals surface area contributed by atoms with Gasteiger partial charge in [-0.3, -0.25) is 4.79 Å². The van der Waals surface area contributed by atoms with Crippen LogP contribution in [0.15, 0.2) is 0 Å². The Morgan fingerprint density at radius 3 is 2.67 bits per heavy atom. The Balaban J connectivity index is 2.06. The zero-order valence-electron chi connectivity index (χ0n) is 10.9. The van der Waals surface area contributed by atoms with Crippen molar-refractivity contribution in [3.63, 3.8) is 0 Å². The van der Waals surface area contributed by atoms with Crippen molar-refractivity contribution in [1.82, 2.24) is 10.2 Å². The minimum Gasteiger partial charge on any atom is -0.340 e. The summed E-state index contributed by atoms with van der Waals surface area (Å²) in [7, 11) is -1.32. The predicted octanol–water partition coefficient (Wildman–Crippen LogP) is 0.164. The molecule has 1 N–H and O–H groups in total. The SMILES string of the molecule is CNC1CCCN(C(=O)C2CCCCS2(=O)=O)C1. The normalized spacial score (nSPS) is 32.2. The quantitative estimate of drug-likeness (QED) is 0.779. The monoisotopic (exact) mass is 274 g/mol. The summed E-state index contributed by atoms with van der Waals surface area (Å²) in [4.78, 5) is 14.1. The molecule has 2 aliphatic heterocycles. The molecule has 0 saturated carbocycles. The second kappa shape index (κ2) is 5.57. The highest BCUT2D eigenvalue weighted by Crippen LogP contribution is 2.23. The molecule has 0 spiro atoms. The van der Waals surface area contributed by atoms with Crippen LogP contribution in [0.1, 0.15) is 32.1 Å². The molecular formula is C12H22N2O3S. The Morgan fingerprint density at radius 1 is 1.22 bits per heavy atom. The van der Waals surface area contributed by atoms with Crippen molar-refractivity contribution in [1.29, 1.82) is 0 Å². The molecule has 0 aromatic carbocycles. The van der Waals surface area contributed by atoms with Crippen molar-refractivity contribution in [2.75, 3.05) is 25.9 Å². The summed E-state index contributed by atoms with van der Waals surface area (Å²) in [5.74, 6) is 0.00170. The lowest BCUT2D eigenvalue weighted by Crippen LogP contribution is -2.52. The zero-order valence-corrected chi connectivity index (χ0v) is 11.7. The van der Waals surface area contributed by atoms with Crippen molar-refractivity contribution >= 4 is 15.7 Å². The van der Waals surface area contributed by atoms with Crippen molar-refractivity contribution < 1.29 is 13.2 Å². The summed E-state index contributed by atoms with van der Waals surface area (Å²) in [6, 6.07) is 0.300. The zero-order chi connectivity index (χ0) is 13.2. The first kappa shape index (κ1) is 13.8. The lowest BCUT2D eigenvalue weighted by molar-refractivity contribution is -0.132. The first-order valence-corrected chi connectivity index (χ1v) is 8.44. The van der Waals surface area contributed by atoms with Crippen LogP contribution in [0.2, 0.25) is 0 Å². The van der Waals surface area contributed by atoms with E-state index in [1.54, 1.807) is 4.90 Å². The van der Waals surface area contributed by atoms with E-state index in [1.165, 1.54) is 0 Å². The Labute approximate surface area is 109 Å². The molecule has 0 aliphatic carbocycles. The van der Waals surface area contributed by atoms with Crippen LogP contribution < -0.4 is 5.32 Å². The average molecular weight is 274 g/mol. The molecule has 0 bridgehead atoms. The number of likely N-dealkylation sites (tertiary alicyclic amines) is 1. The molecule has 2 rings (SSSR count). The standard InChI is InChI=1S/C12H22N2O3S/c1-13-10-5-4-7-14(9-10)12(15)11-6-2-3-8-18(11,16)17/h10-11,13H,2-9H2,1H3. The van der Waals surface area contributed by atoms with E-state index in [4.69, 9.17) is 0 Å². The summed E-state index contributed by atoms with van der Waals surface area (Å²) in [6.45, 7) is 1.34. The van der Waals surface area contributed by atoms with Gasteiger partial charge in [0.15, 0.2) is 9.84 Å². The van der Waals surface area contributed by atoms with Crippen molar-refractivity contribution in [3.05, 3.63) is 0 Å². The topological polar surface area (TPSA) is 66.5 Å². The highest BCUT2D eigenvalue weighted by molar-refractivity contribution is 7.92. The first-order chi connectivity index (χ1) is 8.54. The van der Waals surface area contributed by atoms with Crippen molar-refractivity contribution in [2.45, 2.75) is 43.4 Å². The second-order valence-corrected chi connectivity index (χ2v) is 7.57. The highest BCUT2D eigenvalue weighted by Gasteiger charge is 2.38. The molecule has 104 valence electrons. The van der Waals surface area contributed by atoms with Crippen molar-refractivity contribution in [2.24, 2.45) is 0 Å². The van der Waals surface area contributed by atoms with Crippen LogP contribution in [0, 0.1) is 0 Å². The van der Waals surface area contributed by atoms with Gasteiger partial charge in [0.05, 0.1) is 5.75 Å². The van der Waals surface area contributed by atoms with Crippen LogP contribution in [0.3, 0.4) is 0 Å². The summed E-state index contributed by atoms with van der Waals surface area (Å²) in [6.07, 6.45) is 4.05. The molecule has 18 heavy (non-hydrogen) atoms. The summed E-state index contributed by atoms with van der Waals surface area (Å²) in [5, 5.41) is 2.39. The first-order valence-electron chi connectivity index (χ1n) is 6.72. The molecule has 1 amide bonds. The lowest BCUT2D eigenvalue weighted by atomic mass is 10.0. The van der Waals surface area contributed by atoms with Gasteiger partial charge in [0.1, 0.15) is 5.25 Å². The molecule has 5 nitrogen and oxygen atoms in total. The van der Waals surface area contributed by atoms with Gasteiger partial charge in [-0.15, -0.1) is 0 Å². The lowest BCUT2D eigenvalue weighted by Gasteiger charge is -2.35. The molecular weight excluding hydrogens is 252 g/mol. The van der Waals surface area contributed by atoms with Gasteiger partial charge in [0, 0.05) is 19.1 Å². The molecule has 6 heteroatoms. The largest absolute Gasteiger partial charge is 0.340 e. The van der Waals surface area contributed by atoms with Gasteiger partial charge in [-0.05, 0) is 32.7 Å². The minimum atomic E-state index is -3.21. The van der Waals surface area contributed by atoms with E-state index in [0.717, 1.165) is 19.3 Å². The molecule has 0 radical (unpaired) electrons. The molecule has 0 aromatic rings. The molecule has 2 fully saturated rings. The number of sulfone groups is 1. The Morgan fingerprint density at radius 2 is 2.00 bits per heavy atom. The maximum atomic E-state index is 12.3. The van der Waals surface area contributed by atoms with Crippen LogP contribution >= 0.6 is 0 Å². The van der Waals surface area contributed by atoms with Crippen LogP contribution in [0.5, 0.6) is 0 Å². The Kier molecular flexibility index (Phi) is 4.27. The van der Waals surface area contributed by atoms with E-state index in [9.17, 15) is 13.2 Å². The highest BCUT2D eigenvalue weighted by atomic mass is 32.2. The molecule has 2 saturated heterocycles. The van der Waals surface area contributed by atoms with E-state index in [2.05, 4.69) is 5.32 Å². The molecule has 2 heterocycles. The molecule has 0 aromatic heterocycles. The number of nitrogens with one attached hydrogen (secondary N) is 1. The summed E-state index contributed by atoms with van der Waals surface area (Å²) < 4.78 is 23.9.